The Balaban J connectivity index is 0.000000180. The Morgan fingerprint density at radius 2 is 0.600 bits per heavy atom. The number of aromatic nitrogens is 4. The molecule has 130 heavy (non-hydrogen) atoms. The number of nitrogens with zero attached hydrogens (tertiary/aromatic N) is 4. The molecule has 3 atom stereocenters. The summed E-state index contributed by atoms with van der Waals surface area (Å²) in [5, 5.41) is 0. The molecule has 0 spiro atoms. The van der Waals surface area contributed by atoms with Crippen LogP contribution in [0.3, 0.4) is 0 Å². The number of allylic oxidation sites excluding steroid dienone is 32. The van der Waals surface area contributed by atoms with Gasteiger partial charge < -0.3 is 18.3 Å². The lowest BCUT2D eigenvalue weighted by Crippen LogP contribution is -2.05. The van der Waals surface area contributed by atoms with E-state index in [1.165, 1.54) is 131 Å². The third-order valence-electron chi connectivity index (χ3n) is 29.8. The summed E-state index contributed by atoms with van der Waals surface area (Å²) in [4.78, 5) is 0. The van der Waals surface area contributed by atoms with Crippen LogP contribution in [0.25, 0.3) is 24.6 Å². The predicted octanol–water partition coefficient (Wildman–Crippen LogP) is 37.8. The molecule has 714 valence electrons. The monoisotopic (exact) mass is 1760 g/mol. The first-order chi connectivity index (χ1) is 61.2. The standard InChI is InChI=1S/2C14H22.2C14H20.C14H18.4C13H19N.2C2H6/c5*1-9(2)11-5-13-7-12(10(3)4)8-14(13)6-11;4*1-9(2)11-5-13-6-12(10(3)4)8-14(13)7-11;2*1-2/h5,9-10,12H,6-8H2,1-4H3;5-6,9-10,12-13H,7-8H2,1-4H3;5,8-10H,6-7H2,1-4H3;5,7,9-10H,6,8H2,1-4H3;5-10H,1-4H3;2*5,7-10H,6H2,1-4H3;2*5-7,9-10H,8H2,1-4H3;2*1-2H3. The third kappa shape index (κ3) is 28.8. The fourth-order valence-electron chi connectivity index (χ4n) is 19.4. The molecule has 4 aromatic heterocycles. The number of hydrogen-bond donors (Lipinski definition) is 0. The van der Waals surface area contributed by atoms with Gasteiger partial charge in [0.2, 0.25) is 0 Å². The van der Waals surface area contributed by atoms with Crippen molar-refractivity contribution in [2.24, 2.45) is 101 Å². The zero-order chi connectivity index (χ0) is 96.6. The van der Waals surface area contributed by atoms with Gasteiger partial charge in [0.15, 0.2) is 0 Å². The van der Waals surface area contributed by atoms with Crippen LogP contribution in [-0.4, -0.2) is 18.3 Å². The Labute approximate surface area is 800 Å². The Morgan fingerprint density at radius 1 is 0.262 bits per heavy atom. The molecule has 4 nitrogen and oxygen atoms in total. The molecule has 14 aliphatic rings. The maximum atomic E-state index is 2.52. The molecule has 18 rings (SSSR count). The van der Waals surface area contributed by atoms with Crippen molar-refractivity contribution in [3.63, 3.8) is 0 Å². The molecule has 1 saturated carbocycles. The van der Waals surface area contributed by atoms with Crippen molar-refractivity contribution in [2.75, 3.05) is 0 Å². The van der Waals surface area contributed by atoms with Gasteiger partial charge in [-0.3, -0.25) is 0 Å². The van der Waals surface area contributed by atoms with Crippen molar-refractivity contribution < 1.29 is 0 Å². The molecule has 1 fully saturated rings. The minimum atomic E-state index is 0.643. The maximum Gasteiger partial charge on any atom is 0.0441 e. The summed E-state index contributed by atoms with van der Waals surface area (Å²) in [6, 6.07) is 9.33. The van der Waals surface area contributed by atoms with Gasteiger partial charge >= 0.3 is 0 Å². The predicted molar refractivity (Wildman–Crippen MR) is 578 cm³/mol. The molecular formula is C126H190N4. The van der Waals surface area contributed by atoms with Gasteiger partial charge in [0.05, 0.1) is 0 Å². The molecule has 3 unspecified atom stereocenters. The molecule has 0 aromatic carbocycles. The van der Waals surface area contributed by atoms with Crippen molar-refractivity contribution in [1.29, 1.82) is 0 Å². The highest BCUT2D eigenvalue weighted by Crippen LogP contribution is 2.49. The summed E-state index contributed by atoms with van der Waals surface area (Å²) in [6.07, 6.45) is 58.8. The van der Waals surface area contributed by atoms with Gasteiger partial charge in [0.25, 0.3) is 0 Å². The van der Waals surface area contributed by atoms with Gasteiger partial charge in [-0.05, 0) is 313 Å². The van der Waals surface area contributed by atoms with Gasteiger partial charge in [0.1, 0.15) is 0 Å². The number of rotatable bonds is 18. The van der Waals surface area contributed by atoms with Crippen LogP contribution in [0.4, 0.5) is 0 Å². The van der Waals surface area contributed by atoms with Gasteiger partial charge in [0, 0.05) is 85.9 Å². The van der Waals surface area contributed by atoms with Crippen molar-refractivity contribution >= 4 is 24.6 Å². The quantitative estimate of drug-likeness (QED) is 0.0946. The van der Waals surface area contributed by atoms with E-state index in [-0.39, 0.29) is 0 Å². The van der Waals surface area contributed by atoms with Gasteiger partial charge in [-0.1, -0.05) is 388 Å². The largest absolute Gasteiger partial charge is 0.344 e. The Bertz CT molecular complexity index is 4670. The lowest BCUT2D eigenvalue weighted by Gasteiger charge is -2.16. The highest BCUT2D eigenvalue weighted by Gasteiger charge is 2.35. The van der Waals surface area contributed by atoms with E-state index < -0.39 is 0 Å². The molecular weight excluding hydrogens is 1570 g/mol. The average molecular weight is 1760 g/mol. The lowest BCUT2D eigenvalue weighted by molar-refractivity contribution is 0.390. The third-order valence-corrected chi connectivity index (χ3v) is 29.8. The molecule has 10 aliphatic carbocycles. The van der Waals surface area contributed by atoms with Gasteiger partial charge in [-0.15, -0.1) is 0 Å². The van der Waals surface area contributed by atoms with Crippen LogP contribution in [0.2, 0.25) is 0 Å². The SMILES string of the molecule is CC.CC.CC(C)C1=CC2=C(C1)CC(C(C)C)=C2.CC(C)C1=CC2=C(C1)CC(C(C)C)C2.CC(C)C1=CC2=C(C=C(C(C)C)C2)C1.CC(C)C1=CC2=CC(C(C)C)=CC2=C1.CC(C)C1=CC2CC(C(C)C)CC2=C1.CC(C)C1=Cc2cc(C(C)C)cn2C1.CC(C)C1=Cc2cc(C(C)C)cn2C1.CC(C)C1=Cn2cc(C(C)C)cc2C1.CC(C)C1=Cn2cc(C(C)C)cc2C1. The molecule has 0 N–H and O–H groups in total. The molecule has 4 aromatic rings. The number of hydrogen-bond acceptors (Lipinski definition) is 0. The Kier molecular flexibility index (Phi) is 40.3. The fourth-order valence-corrected chi connectivity index (χ4v) is 19.4. The van der Waals surface area contributed by atoms with Crippen molar-refractivity contribution in [2.45, 2.75) is 384 Å². The highest BCUT2D eigenvalue weighted by molar-refractivity contribution is 5.66. The molecule has 0 bridgehead atoms. The van der Waals surface area contributed by atoms with Crippen molar-refractivity contribution in [3.8, 4) is 0 Å². The summed E-state index contributed by atoms with van der Waals surface area (Å²) in [5.74, 6) is 15.3. The molecule has 0 saturated heterocycles. The second-order valence-corrected chi connectivity index (χ2v) is 45.7. The van der Waals surface area contributed by atoms with Crippen LogP contribution in [0, 0.1) is 101 Å². The van der Waals surface area contributed by atoms with E-state index in [1.807, 2.05) is 27.7 Å². The van der Waals surface area contributed by atoms with Crippen LogP contribution in [-0.2, 0) is 25.9 Å². The molecule has 0 amide bonds. The van der Waals surface area contributed by atoms with Crippen molar-refractivity contribution in [1.82, 2.24) is 18.3 Å². The first kappa shape index (κ1) is 108. The lowest BCUT2D eigenvalue weighted by atomic mass is 9.89. The topological polar surface area (TPSA) is 19.7 Å². The normalized spacial score (nSPS) is 19.4. The van der Waals surface area contributed by atoms with Crippen molar-refractivity contribution in [3.05, 3.63) is 278 Å². The van der Waals surface area contributed by atoms with Gasteiger partial charge in [-0.2, -0.15) is 0 Å². The Morgan fingerprint density at radius 3 is 0.908 bits per heavy atom. The van der Waals surface area contributed by atoms with E-state index in [0.29, 0.717) is 65.1 Å². The first-order valence-corrected chi connectivity index (χ1v) is 52.8. The molecule has 4 heteroatoms. The van der Waals surface area contributed by atoms with E-state index in [9.17, 15) is 0 Å². The Hall–Kier alpha value is -7.56. The van der Waals surface area contributed by atoms with Crippen LogP contribution in [0.5, 0.6) is 0 Å². The van der Waals surface area contributed by atoms with E-state index in [1.54, 1.807) is 89.2 Å². The summed E-state index contributed by atoms with van der Waals surface area (Å²) < 4.78 is 9.32. The first-order valence-electron chi connectivity index (χ1n) is 52.8. The van der Waals surface area contributed by atoms with E-state index in [4.69, 9.17) is 0 Å². The maximum absolute atomic E-state index is 2.52. The summed E-state index contributed by atoms with van der Waals surface area (Å²) in [6.45, 7) is 92.3. The van der Waals surface area contributed by atoms with E-state index in [2.05, 4.69) is 408 Å². The zero-order valence-electron chi connectivity index (χ0n) is 90.9. The average Bonchev–Trinajstić information content (AvgIpc) is 1.72. The smallest absolute Gasteiger partial charge is 0.0441 e. The van der Waals surface area contributed by atoms with Crippen LogP contribution in [0.1, 0.15) is 403 Å². The zero-order valence-corrected chi connectivity index (χ0v) is 90.9. The summed E-state index contributed by atoms with van der Waals surface area (Å²) in [7, 11) is 0. The molecule has 8 heterocycles. The number of fused-ring (bicyclic) bond motifs is 6. The summed E-state index contributed by atoms with van der Waals surface area (Å²) >= 11 is 0. The fraction of sp³-hybridized carbons (Fsp3) is 0.587. The molecule has 4 aliphatic heterocycles. The summed E-state index contributed by atoms with van der Waals surface area (Å²) in [5.41, 5.74) is 44.7. The second-order valence-electron chi connectivity index (χ2n) is 45.7. The molecule has 0 radical (unpaired) electrons. The second kappa shape index (κ2) is 48.6. The minimum absolute atomic E-state index is 0.643. The highest BCUT2D eigenvalue weighted by atomic mass is 15.0. The van der Waals surface area contributed by atoms with Crippen LogP contribution in [0.15, 0.2) is 233 Å². The van der Waals surface area contributed by atoms with E-state index in [0.717, 1.165) is 85.1 Å². The van der Waals surface area contributed by atoms with Crippen LogP contribution >= 0.6 is 0 Å². The van der Waals surface area contributed by atoms with Crippen LogP contribution < -0.4 is 0 Å². The van der Waals surface area contributed by atoms with E-state index >= 15 is 0 Å². The van der Waals surface area contributed by atoms with Gasteiger partial charge in [-0.25, -0.2) is 0 Å². The minimum Gasteiger partial charge on any atom is -0.344 e.